The summed E-state index contributed by atoms with van der Waals surface area (Å²) in [6.07, 6.45) is 4.81. The summed E-state index contributed by atoms with van der Waals surface area (Å²) in [5, 5.41) is 9.16. The zero-order valence-electron chi connectivity index (χ0n) is 8.97. The average Bonchev–Trinajstić information content (AvgIpc) is 2.77. The fourth-order valence-corrected chi connectivity index (χ4v) is 2.05. The molecular weight excluding hydrogens is 206 g/mol. The van der Waals surface area contributed by atoms with E-state index in [9.17, 15) is 4.79 Å². The molecule has 0 aliphatic carbocycles. The summed E-state index contributed by atoms with van der Waals surface area (Å²) in [5.41, 5.74) is 6.56. The Morgan fingerprint density at radius 2 is 2.50 bits per heavy atom. The number of hydrogen-bond acceptors (Lipinski definition) is 4. The number of aliphatic hydroxyl groups is 1. The van der Waals surface area contributed by atoms with Crippen LogP contribution >= 0.6 is 0 Å². The van der Waals surface area contributed by atoms with Crippen molar-refractivity contribution >= 4 is 11.6 Å². The SMILES string of the molecule is Nc1cnccc1C(=O)N1CCCC1CO. The topological polar surface area (TPSA) is 79.5 Å². The van der Waals surface area contributed by atoms with Gasteiger partial charge < -0.3 is 15.7 Å². The highest BCUT2D eigenvalue weighted by Gasteiger charge is 2.29. The first-order valence-corrected chi connectivity index (χ1v) is 5.35. The summed E-state index contributed by atoms with van der Waals surface area (Å²) in [4.78, 5) is 17.7. The van der Waals surface area contributed by atoms with E-state index in [0.717, 1.165) is 12.8 Å². The molecule has 1 unspecified atom stereocenters. The van der Waals surface area contributed by atoms with Crippen LogP contribution in [0.1, 0.15) is 23.2 Å². The number of hydrogen-bond donors (Lipinski definition) is 2. The molecule has 1 atom stereocenters. The van der Waals surface area contributed by atoms with Crippen LogP contribution in [0.15, 0.2) is 18.5 Å². The lowest BCUT2D eigenvalue weighted by Gasteiger charge is -2.23. The highest BCUT2D eigenvalue weighted by molar-refractivity contribution is 5.99. The maximum Gasteiger partial charge on any atom is 0.256 e. The molecule has 0 radical (unpaired) electrons. The molecule has 3 N–H and O–H groups in total. The summed E-state index contributed by atoms with van der Waals surface area (Å²) >= 11 is 0. The van der Waals surface area contributed by atoms with Crippen molar-refractivity contribution in [2.45, 2.75) is 18.9 Å². The van der Waals surface area contributed by atoms with Crippen molar-refractivity contribution in [2.75, 3.05) is 18.9 Å². The molecule has 1 aromatic rings. The zero-order chi connectivity index (χ0) is 11.5. The number of carbonyl (C=O) groups excluding carboxylic acids is 1. The highest BCUT2D eigenvalue weighted by atomic mass is 16.3. The van der Waals surface area contributed by atoms with Crippen LogP contribution in [0.4, 0.5) is 5.69 Å². The van der Waals surface area contributed by atoms with Crippen LogP contribution in [-0.4, -0.2) is 40.1 Å². The number of likely N-dealkylation sites (tertiary alicyclic amines) is 1. The molecule has 5 heteroatoms. The molecule has 5 nitrogen and oxygen atoms in total. The predicted octanol–water partition coefficient (Wildman–Crippen LogP) is 0.261. The molecule has 0 bridgehead atoms. The van der Waals surface area contributed by atoms with Gasteiger partial charge in [-0.05, 0) is 18.9 Å². The standard InChI is InChI=1S/C11H15N3O2/c12-10-6-13-4-3-9(10)11(16)14-5-1-2-8(14)7-15/h3-4,6,8,15H,1-2,5,7,12H2. The maximum atomic E-state index is 12.1. The molecule has 1 aliphatic rings. The van der Waals surface area contributed by atoms with Gasteiger partial charge >= 0.3 is 0 Å². The van der Waals surface area contributed by atoms with Crippen LogP contribution in [-0.2, 0) is 0 Å². The van der Waals surface area contributed by atoms with Gasteiger partial charge in [-0.3, -0.25) is 9.78 Å². The third kappa shape index (κ3) is 1.86. The lowest BCUT2D eigenvalue weighted by molar-refractivity contribution is 0.0678. The zero-order valence-corrected chi connectivity index (χ0v) is 8.97. The average molecular weight is 221 g/mol. The molecule has 2 heterocycles. The fourth-order valence-electron chi connectivity index (χ4n) is 2.05. The summed E-state index contributed by atoms with van der Waals surface area (Å²) in [6.45, 7) is 0.697. The van der Waals surface area contributed by atoms with Crippen molar-refractivity contribution in [1.82, 2.24) is 9.88 Å². The number of nitrogens with two attached hydrogens (primary N) is 1. The van der Waals surface area contributed by atoms with E-state index < -0.39 is 0 Å². The first kappa shape index (κ1) is 10.9. The summed E-state index contributed by atoms with van der Waals surface area (Å²) in [6, 6.07) is 1.55. The molecule has 16 heavy (non-hydrogen) atoms. The van der Waals surface area contributed by atoms with Gasteiger partial charge in [0.15, 0.2) is 0 Å². The van der Waals surface area contributed by atoms with E-state index in [1.807, 2.05) is 0 Å². The molecule has 1 fully saturated rings. The molecule has 1 aliphatic heterocycles. The Balaban J connectivity index is 2.22. The van der Waals surface area contributed by atoms with Crippen molar-refractivity contribution in [3.8, 4) is 0 Å². The largest absolute Gasteiger partial charge is 0.397 e. The van der Waals surface area contributed by atoms with E-state index in [1.165, 1.54) is 6.20 Å². The van der Waals surface area contributed by atoms with Gasteiger partial charge in [0.2, 0.25) is 0 Å². The van der Waals surface area contributed by atoms with Gasteiger partial charge in [-0.1, -0.05) is 0 Å². The Kier molecular flexibility index (Phi) is 3.05. The van der Waals surface area contributed by atoms with Crippen LogP contribution in [0, 0.1) is 0 Å². The highest BCUT2D eigenvalue weighted by Crippen LogP contribution is 2.21. The van der Waals surface area contributed by atoms with Crippen molar-refractivity contribution in [3.05, 3.63) is 24.0 Å². The summed E-state index contributed by atoms with van der Waals surface area (Å²) in [7, 11) is 0. The van der Waals surface area contributed by atoms with Gasteiger partial charge in [0.25, 0.3) is 5.91 Å². The number of aromatic nitrogens is 1. The number of anilines is 1. The van der Waals surface area contributed by atoms with E-state index in [2.05, 4.69) is 4.98 Å². The number of nitrogens with zero attached hydrogens (tertiary/aromatic N) is 2. The Morgan fingerprint density at radius 1 is 1.69 bits per heavy atom. The number of rotatable bonds is 2. The van der Waals surface area contributed by atoms with E-state index in [1.54, 1.807) is 17.2 Å². The number of pyridine rings is 1. The van der Waals surface area contributed by atoms with E-state index in [4.69, 9.17) is 10.8 Å². The first-order valence-electron chi connectivity index (χ1n) is 5.35. The minimum absolute atomic E-state index is 0.0106. The van der Waals surface area contributed by atoms with Crippen LogP contribution < -0.4 is 5.73 Å². The van der Waals surface area contributed by atoms with Crippen LogP contribution in [0.3, 0.4) is 0 Å². The van der Waals surface area contributed by atoms with Gasteiger partial charge in [0.1, 0.15) is 0 Å². The normalized spacial score (nSPS) is 20.1. The monoisotopic (exact) mass is 221 g/mol. The van der Waals surface area contributed by atoms with Crippen molar-refractivity contribution in [2.24, 2.45) is 0 Å². The second kappa shape index (κ2) is 4.49. The van der Waals surface area contributed by atoms with Gasteiger partial charge in [-0.15, -0.1) is 0 Å². The Labute approximate surface area is 93.9 Å². The summed E-state index contributed by atoms with van der Waals surface area (Å²) in [5.74, 6) is -0.114. The molecule has 0 spiro atoms. The number of aliphatic hydroxyl groups excluding tert-OH is 1. The molecule has 1 saturated heterocycles. The minimum atomic E-state index is -0.114. The van der Waals surface area contributed by atoms with Crippen LogP contribution in [0.2, 0.25) is 0 Å². The lowest BCUT2D eigenvalue weighted by Crippen LogP contribution is -2.37. The quantitative estimate of drug-likeness (QED) is 0.750. The molecule has 0 saturated carbocycles. The minimum Gasteiger partial charge on any atom is -0.397 e. The van der Waals surface area contributed by atoms with Crippen LogP contribution in [0.25, 0.3) is 0 Å². The second-order valence-electron chi connectivity index (χ2n) is 3.94. The van der Waals surface area contributed by atoms with Crippen molar-refractivity contribution < 1.29 is 9.90 Å². The third-order valence-corrected chi connectivity index (χ3v) is 2.93. The predicted molar refractivity (Wildman–Crippen MR) is 59.8 cm³/mol. The van der Waals surface area contributed by atoms with E-state index in [0.29, 0.717) is 17.8 Å². The molecule has 1 amide bonds. The van der Waals surface area contributed by atoms with Gasteiger partial charge in [0.05, 0.1) is 30.1 Å². The fraction of sp³-hybridized carbons (Fsp3) is 0.455. The number of amides is 1. The maximum absolute atomic E-state index is 12.1. The van der Waals surface area contributed by atoms with E-state index >= 15 is 0 Å². The molecule has 86 valence electrons. The molecule has 0 aromatic carbocycles. The Bertz CT molecular complexity index is 395. The van der Waals surface area contributed by atoms with Crippen molar-refractivity contribution in [1.29, 1.82) is 0 Å². The third-order valence-electron chi connectivity index (χ3n) is 2.93. The lowest BCUT2D eigenvalue weighted by atomic mass is 10.2. The van der Waals surface area contributed by atoms with Gasteiger partial charge in [0, 0.05) is 12.7 Å². The smallest absolute Gasteiger partial charge is 0.256 e. The van der Waals surface area contributed by atoms with Crippen LogP contribution in [0.5, 0.6) is 0 Å². The number of carbonyl (C=O) groups is 1. The summed E-state index contributed by atoms with van der Waals surface area (Å²) < 4.78 is 0. The number of nitrogen functional groups attached to an aromatic ring is 1. The second-order valence-corrected chi connectivity index (χ2v) is 3.94. The molecule has 1 aromatic heterocycles. The van der Waals surface area contributed by atoms with Crippen molar-refractivity contribution in [3.63, 3.8) is 0 Å². The Hall–Kier alpha value is -1.62. The Morgan fingerprint density at radius 3 is 3.19 bits per heavy atom. The van der Waals surface area contributed by atoms with Gasteiger partial charge in [-0.2, -0.15) is 0 Å². The first-order chi connectivity index (χ1) is 7.74. The molecular formula is C11H15N3O2. The van der Waals surface area contributed by atoms with Gasteiger partial charge in [-0.25, -0.2) is 0 Å². The molecule has 2 rings (SSSR count). The van der Waals surface area contributed by atoms with E-state index in [-0.39, 0.29) is 18.6 Å².